The molecule has 1 fully saturated rings. The van der Waals surface area contributed by atoms with Crippen LogP contribution >= 0.6 is 0 Å². The predicted octanol–water partition coefficient (Wildman–Crippen LogP) is 12.5. The molecule has 53 heavy (non-hydrogen) atoms. The molecule has 0 unspecified atom stereocenters. The van der Waals surface area contributed by atoms with Crippen molar-refractivity contribution in [2.45, 2.75) is 118 Å². The molecule has 6 heteroatoms. The molecule has 0 aliphatic heterocycles. The van der Waals surface area contributed by atoms with Crippen molar-refractivity contribution in [2.24, 2.45) is 11.3 Å². The molecule has 1 radical (unpaired) electrons. The fourth-order valence-corrected chi connectivity index (χ4v) is 9.18. The zero-order chi connectivity index (χ0) is 37.2. The maximum absolute atomic E-state index is 6.30. The van der Waals surface area contributed by atoms with Gasteiger partial charge in [0.05, 0.1) is 13.7 Å². The summed E-state index contributed by atoms with van der Waals surface area (Å²) in [4.78, 5) is 14.3. The molecule has 281 valence electrons. The standard InChI is InChI=1S/C28H31N2O.C19H26NSi.Ir/c1-17(2)24-16-29-26(15-20(24)14-19-8-5-6-9-19)23-11-7-10-21-22-12-13-25(18(3)4)30-28(22)31-27(21)23;1-19(2,3)13-16-12-17(15-10-8-7-9-11-15)20-14-18(16)21(4,5)6;/h7,10,12-13,15-19H,5-6,8-9,14H2,1-4H3;7-10,12,14H,13H2,1-6H3;/q2*-1;. The van der Waals surface area contributed by atoms with Gasteiger partial charge in [0, 0.05) is 43.6 Å². The van der Waals surface area contributed by atoms with Crippen LogP contribution in [-0.4, -0.2) is 23.0 Å². The number of pyridine rings is 3. The molecule has 4 heterocycles. The molecule has 0 N–H and O–H groups in total. The van der Waals surface area contributed by atoms with Crippen molar-refractivity contribution in [3.8, 4) is 22.5 Å². The van der Waals surface area contributed by atoms with E-state index < -0.39 is 8.07 Å². The second kappa shape index (κ2) is 16.9. The van der Waals surface area contributed by atoms with Gasteiger partial charge in [0.1, 0.15) is 0 Å². The van der Waals surface area contributed by atoms with Crippen LogP contribution in [0.15, 0.2) is 77.5 Å². The van der Waals surface area contributed by atoms with Gasteiger partial charge in [0.2, 0.25) is 5.71 Å². The van der Waals surface area contributed by atoms with E-state index in [1.54, 1.807) is 0 Å². The monoisotopic (exact) mass is 900 g/mol. The van der Waals surface area contributed by atoms with Gasteiger partial charge in [-0.3, -0.25) is 0 Å². The van der Waals surface area contributed by atoms with Crippen molar-refractivity contribution in [3.63, 3.8) is 0 Å². The Balaban J connectivity index is 0.000000216. The van der Waals surface area contributed by atoms with Crippen LogP contribution in [0.25, 0.3) is 44.6 Å². The zero-order valence-electron chi connectivity index (χ0n) is 33.5. The summed E-state index contributed by atoms with van der Waals surface area (Å²) >= 11 is 0. The molecule has 0 saturated heterocycles. The topological polar surface area (TPSA) is 51.8 Å². The number of benzene rings is 2. The summed E-state index contributed by atoms with van der Waals surface area (Å²) in [5.74, 6) is 1.65. The molecule has 1 aliphatic rings. The summed E-state index contributed by atoms with van der Waals surface area (Å²) in [7, 11) is -1.37. The molecular formula is C47H57IrN3OSi-2. The third kappa shape index (κ3) is 9.81. The number of furan rings is 1. The fourth-order valence-electron chi connectivity index (χ4n) is 7.60. The van der Waals surface area contributed by atoms with Crippen LogP contribution in [0.1, 0.15) is 108 Å². The fraction of sp³-hybridized carbons (Fsp3) is 0.426. The number of hydrogen-bond acceptors (Lipinski definition) is 4. The van der Waals surface area contributed by atoms with Crippen LogP contribution in [0.4, 0.5) is 0 Å². The first-order valence-corrected chi connectivity index (χ1v) is 22.9. The number of aromatic nitrogens is 3. The summed E-state index contributed by atoms with van der Waals surface area (Å²) < 4.78 is 6.30. The van der Waals surface area contributed by atoms with Crippen molar-refractivity contribution in [1.82, 2.24) is 15.0 Å². The van der Waals surface area contributed by atoms with Gasteiger partial charge in [-0.15, -0.1) is 54.1 Å². The Labute approximate surface area is 333 Å². The third-order valence-electron chi connectivity index (χ3n) is 10.3. The average Bonchev–Trinajstić information content (AvgIpc) is 3.75. The molecular weight excluding hydrogens is 843 g/mol. The van der Waals surface area contributed by atoms with Gasteiger partial charge in [0.25, 0.3) is 0 Å². The van der Waals surface area contributed by atoms with Crippen molar-refractivity contribution in [3.05, 3.63) is 108 Å². The smallest absolute Gasteiger partial charge is 0.216 e. The van der Waals surface area contributed by atoms with E-state index in [4.69, 9.17) is 19.4 Å². The molecule has 0 bridgehead atoms. The van der Waals surface area contributed by atoms with E-state index in [0.717, 1.165) is 63.3 Å². The van der Waals surface area contributed by atoms with Crippen LogP contribution < -0.4 is 5.19 Å². The molecule has 6 aromatic rings. The van der Waals surface area contributed by atoms with Gasteiger partial charge in [-0.2, -0.15) is 0 Å². The molecule has 4 nitrogen and oxygen atoms in total. The minimum absolute atomic E-state index is 0. The first kappa shape index (κ1) is 40.7. The largest absolute Gasteiger partial charge is 0.486 e. The van der Waals surface area contributed by atoms with E-state index in [1.807, 2.05) is 24.3 Å². The Bertz CT molecular complexity index is 2130. The minimum Gasteiger partial charge on any atom is -0.486 e. The van der Waals surface area contributed by atoms with Crippen LogP contribution in [-0.2, 0) is 32.9 Å². The Hall–Kier alpha value is -3.44. The zero-order valence-corrected chi connectivity index (χ0v) is 36.9. The van der Waals surface area contributed by atoms with Gasteiger partial charge in [-0.25, -0.2) is 4.98 Å². The minimum atomic E-state index is -1.37. The average molecular weight is 900 g/mol. The van der Waals surface area contributed by atoms with E-state index in [-0.39, 0.29) is 25.5 Å². The Morgan fingerprint density at radius 2 is 1.53 bits per heavy atom. The number of fused-ring (bicyclic) bond motifs is 3. The van der Waals surface area contributed by atoms with Crippen LogP contribution in [0.2, 0.25) is 19.6 Å². The number of nitrogens with zero attached hydrogens (tertiary/aromatic N) is 3. The van der Waals surface area contributed by atoms with E-state index >= 15 is 0 Å². The molecule has 1 saturated carbocycles. The summed E-state index contributed by atoms with van der Waals surface area (Å²) in [5.41, 5.74) is 11.1. The van der Waals surface area contributed by atoms with E-state index in [2.05, 4.69) is 129 Å². The van der Waals surface area contributed by atoms with Crippen LogP contribution in [0, 0.1) is 23.5 Å². The van der Waals surface area contributed by atoms with E-state index in [0.29, 0.717) is 17.5 Å². The van der Waals surface area contributed by atoms with E-state index in [9.17, 15) is 0 Å². The van der Waals surface area contributed by atoms with Crippen molar-refractivity contribution in [1.29, 1.82) is 0 Å². The first-order chi connectivity index (χ1) is 24.7. The van der Waals surface area contributed by atoms with Gasteiger partial charge < -0.3 is 14.4 Å². The quantitative estimate of drug-likeness (QED) is 0.113. The molecule has 2 aromatic carbocycles. The van der Waals surface area contributed by atoms with Crippen LogP contribution in [0.5, 0.6) is 0 Å². The summed E-state index contributed by atoms with van der Waals surface area (Å²) in [6.07, 6.45) is 11.9. The molecule has 0 atom stereocenters. The molecule has 4 aromatic heterocycles. The molecule has 0 spiro atoms. The van der Waals surface area contributed by atoms with Gasteiger partial charge in [0.15, 0.2) is 0 Å². The normalized spacial score (nSPS) is 13.8. The van der Waals surface area contributed by atoms with Crippen molar-refractivity contribution in [2.75, 3.05) is 0 Å². The SMILES string of the molecule is CC(C)(C)Cc1cc(-c2[c-]cccc2)ncc1[Si](C)(C)C.CC(C)c1ccc2c(n1)oc1c(-c3cc(CC4CCCC4)c(C(C)C)cn3)[c-]ccc12.[Ir]. The Morgan fingerprint density at radius 1 is 0.811 bits per heavy atom. The Kier molecular flexibility index (Phi) is 13.0. The summed E-state index contributed by atoms with van der Waals surface area (Å²) in [5, 5.41) is 3.62. The van der Waals surface area contributed by atoms with Gasteiger partial charge >= 0.3 is 0 Å². The second-order valence-electron chi connectivity index (χ2n) is 17.7. The van der Waals surface area contributed by atoms with E-state index in [1.165, 1.54) is 47.6 Å². The number of rotatable bonds is 8. The van der Waals surface area contributed by atoms with Crippen molar-refractivity contribution >= 4 is 35.3 Å². The molecule has 0 amide bonds. The molecule has 1 aliphatic carbocycles. The number of hydrogen-bond donors (Lipinski definition) is 0. The Morgan fingerprint density at radius 3 is 2.17 bits per heavy atom. The predicted molar refractivity (Wildman–Crippen MR) is 222 cm³/mol. The van der Waals surface area contributed by atoms with Crippen molar-refractivity contribution < 1.29 is 24.5 Å². The maximum Gasteiger partial charge on any atom is 0.216 e. The second-order valence-corrected chi connectivity index (χ2v) is 22.7. The molecule has 7 rings (SSSR count). The van der Waals surface area contributed by atoms with Crippen LogP contribution in [0.3, 0.4) is 0 Å². The van der Waals surface area contributed by atoms with Gasteiger partial charge in [-0.1, -0.05) is 122 Å². The third-order valence-corrected chi connectivity index (χ3v) is 12.4. The summed E-state index contributed by atoms with van der Waals surface area (Å²) in [6.45, 7) is 22.9. The first-order valence-electron chi connectivity index (χ1n) is 19.4. The maximum atomic E-state index is 6.30. The summed E-state index contributed by atoms with van der Waals surface area (Å²) in [6, 6.07) is 27.6. The van der Waals surface area contributed by atoms with Gasteiger partial charge in [-0.05, 0) is 75.8 Å².